The van der Waals surface area contributed by atoms with Gasteiger partial charge >= 0.3 is 0 Å². The van der Waals surface area contributed by atoms with E-state index in [0.717, 1.165) is 24.0 Å². The number of nitrogens with zero attached hydrogens (tertiary/aromatic N) is 2. The Labute approximate surface area is 186 Å². The number of carbonyl (C=O) groups excluding carboxylic acids is 2. The molecule has 0 spiro atoms. The van der Waals surface area contributed by atoms with E-state index in [9.17, 15) is 14.0 Å². The second-order valence-corrected chi connectivity index (χ2v) is 7.92. The van der Waals surface area contributed by atoms with Crippen molar-refractivity contribution in [1.82, 2.24) is 9.88 Å². The molecule has 3 N–H and O–H groups in total. The van der Waals surface area contributed by atoms with Crippen LogP contribution in [-0.2, 0) is 4.79 Å². The van der Waals surface area contributed by atoms with Crippen LogP contribution in [-0.4, -0.2) is 28.2 Å². The van der Waals surface area contributed by atoms with Crippen LogP contribution in [0.25, 0.3) is 0 Å². The predicted molar refractivity (Wildman–Crippen MR) is 120 cm³/mol. The molecule has 3 aromatic rings. The number of anilines is 1. The zero-order chi connectivity index (χ0) is 22.5. The minimum atomic E-state index is -0.492. The number of hydrogen-bond donors (Lipinski definition) is 2. The van der Waals surface area contributed by atoms with Crippen LogP contribution in [0.15, 0.2) is 73.1 Å². The third kappa shape index (κ3) is 5.00. The molecule has 0 radical (unpaired) electrons. The van der Waals surface area contributed by atoms with E-state index >= 15 is 0 Å². The smallest absolute Gasteiger partial charge is 0.255 e. The highest BCUT2D eigenvalue weighted by atomic mass is 19.1. The van der Waals surface area contributed by atoms with Crippen molar-refractivity contribution in [2.24, 2.45) is 5.73 Å². The minimum Gasteiger partial charge on any atom is -0.336 e. The third-order valence-electron chi connectivity index (χ3n) is 5.74. The lowest BCUT2D eigenvalue weighted by Crippen LogP contribution is -2.33. The number of nitrogens with one attached hydrogen (secondary N) is 1. The van der Waals surface area contributed by atoms with Gasteiger partial charge in [-0.15, -0.1) is 0 Å². The van der Waals surface area contributed by atoms with Crippen LogP contribution in [0.3, 0.4) is 0 Å². The van der Waals surface area contributed by atoms with E-state index in [1.54, 1.807) is 59.8 Å². The summed E-state index contributed by atoms with van der Waals surface area (Å²) in [7, 11) is 0. The Morgan fingerprint density at radius 2 is 1.88 bits per heavy atom. The van der Waals surface area contributed by atoms with Gasteiger partial charge in [-0.05, 0) is 60.4 Å². The lowest BCUT2D eigenvalue weighted by molar-refractivity contribution is -0.132. The highest BCUT2D eigenvalue weighted by molar-refractivity contribution is 6.04. The minimum absolute atomic E-state index is 0.0521. The van der Waals surface area contributed by atoms with Gasteiger partial charge in [0.05, 0.1) is 6.04 Å². The van der Waals surface area contributed by atoms with Crippen molar-refractivity contribution >= 4 is 17.5 Å². The summed E-state index contributed by atoms with van der Waals surface area (Å²) in [6.07, 6.45) is 5.05. The molecule has 0 unspecified atom stereocenters. The van der Waals surface area contributed by atoms with Crippen molar-refractivity contribution in [1.29, 1.82) is 0 Å². The molecule has 2 amide bonds. The van der Waals surface area contributed by atoms with Crippen LogP contribution in [0.5, 0.6) is 0 Å². The molecular formula is C25H25FN4O2. The van der Waals surface area contributed by atoms with Crippen LogP contribution in [0.4, 0.5) is 10.1 Å². The van der Waals surface area contributed by atoms with E-state index in [1.165, 1.54) is 12.1 Å². The molecule has 1 saturated heterocycles. The average molecular weight is 432 g/mol. The molecular weight excluding hydrogens is 407 g/mol. The predicted octanol–water partition coefficient (Wildman–Crippen LogP) is 4.23. The fourth-order valence-corrected chi connectivity index (χ4v) is 4.07. The lowest BCUT2D eigenvalue weighted by Gasteiger charge is -2.26. The molecule has 2 heterocycles. The van der Waals surface area contributed by atoms with Crippen LogP contribution in [0, 0.1) is 5.82 Å². The summed E-state index contributed by atoms with van der Waals surface area (Å²) >= 11 is 0. The SMILES string of the molecule is N[C@H](CC(=O)N1CCC[C@@H]1c1cccc(F)c1)c1ccc(C(=O)Nc2ccncc2)cc1. The third-order valence-corrected chi connectivity index (χ3v) is 5.74. The summed E-state index contributed by atoms with van der Waals surface area (Å²) in [6.45, 7) is 0.640. The summed E-state index contributed by atoms with van der Waals surface area (Å²) < 4.78 is 13.6. The Balaban J connectivity index is 1.38. The maximum Gasteiger partial charge on any atom is 0.255 e. The molecule has 0 aliphatic carbocycles. The second kappa shape index (κ2) is 9.70. The van der Waals surface area contributed by atoms with Gasteiger partial charge in [-0.1, -0.05) is 24.3 Å². The maximum atomic E-state index is 13.6. The number of rotatable bonds is 6. The molecule has 1 aliphatic rings. The number of amides is 2. The number of benzene rings is 2. The van der Waals surface area contributed by atoms with Crippen LogP contribution in [0.1, 0.15) is 52.8 Å². The fourth-order valence-electron chi connectivity index (χ4n) is 4.07. The molecule has 32 heavy (non-hydrogen) atoms. The molecule has 7 heteroatoms. The van der Waals surface area contributed by atoms with Crippen molar-refractivity contribution in [3.8, 4) is 0 Å². The lowest BCUT2D eigenvalue weighted by atomic mass is 10.0. The van der Waals surface area contributed by atoms with E-state index in [-0.39, 0.29) is 30.1 Å². The molecule has 2 aromatic carbocycles. The van der Waals surface area contributed by atoms with E-state index < -0.39 is 6.04 Å². The van der Waals surface area contributed by atoms with Crippen LogP contribution in [0.2, 0.25) is 0 Å². The van der Waals surface area contributed by atoms with Gasteiger partial charge < -0.3 is 16.0 Å². The summed E-state index contributed by atoms with van der Waals surface area (Å²) in [5.41, 5.74) is 9.06. The van der Waals surface area contributed by atoms with E-state index in [4.69, 9.17) is 5.73 Å². The second-order valence-electron chi connectivity index (χ2n) is 7.92. The fraction of sp³-hybridized carbons (Fsp3) is 0.240. The number of carbonyl (C=O) groups is 2. The van der Waals surface area contributed by atoms with Crippen LogP contribution >= 0.6 is 0 Å². The molecule has 2 atom stereocenters. The van der Waals surface area contributed by atoms with Crippen molar-refractivity contribution in [3.05, 3.63) is 95.6 Å². The molecule has 4 rings (SSSR count). The Morgan fingerprint density at radius 1 is 1.12 bits per heavy atom. The first-order chi connectivity index (χ1) is 15.5. The normalized spacial score (nSPS) is 16.6. The van der Waals surface area contributed by atoms with Crippen LogP contribution < -0.4 is 11.1 Å². The van der Waals surface area contributed by atoms with Crippen molar-refractivity contribution in [2.75, 3.05) is 11.9 Å². The summed E-state index contributed by atoms with van der Waals surface area (Å²) in [4.78, 5) is 31.1. The molecule has 0 bridgehead atoms. The standard InChI is InChI=1S/C25H25FN4O2/c26-20-4-1-3-19(15-20)23-5-2-14-30(23)24(31)16-22(27)17-6-8-18(9-7-17)25(32)29-21-10-12-28-13-11-21/h1,3-4,6-13,15,22-23H,2,5,14,16,27H2,(H,28,29,32)/t22-,23-/m1/s1. The molecule has 1 aliphatic heterocycles. The molecule has 164 valence electrons. The monoisotopic (exact) mass is 432 g/mol. The van der Waals surface area contributed by atoms with Gasteiger partial charge in [0.15, 0.2) is 0 Å². The topological polar surface area (TPSA) is 88.3 Å². The molecule has 6 nitrogen and oxygen atoms in total. The molecule has 1 aromatic heterocycles. The first-order valence-corrected chi connectivity index (χ1v) is 10.6. The van der Waals surface area contributed by atoms with E-state index in [2.05, 4.69) is 10.3 Å². The highest BCUT2D eigenvalue weighted by Crippen LogP contribution is 2.33. The van der Waals surface area contributed by atoms with Gasteiger partial charge in [0.1, 0.15) is 5.82 Å². The quantitative estimate of drug-likeness (QED) is 0.610. The van der Waals surface area contributed by atoms with Gasteiger partial charge in [0.2, 0.25) is 5.91 Å². The first-order valence-electron chi connectivity index (χ1n) is 10.6. The van der Waals surface area contributed by atoms with Gasteiger partial charge in [-0.25, -0.2) is 4.39 Å². The summed E-state index contributed by atoms with van der Waals surface area (Å²) in [5, 5.41) is 2.80. The number of halogens is 1. The number of hydrogen-bond acceptors (Lipinski definition) is 4. The molecule has 0 saturated carbocycles. The van der Waals surface area contributed by atoms with Crippen molar-refractivity contribution in [2.45, 2.75) is 31.3 Å². The van der Waals surface area contributed by atoms with Gasteiger partial charge in [-0.3, -0.25) is 14.6 Å². The van der Waals surface area contributed by atoms with Gasteiger partial charge in [0.25, 0.3) is 5.91 Å². The Kier molecular flexibility index (Phi) is 6.56. The van der Waals surface area contributed by atoms with Gasteiger partial charge in [0, 0.05) is 42.7 Å². The molecule has 1 fully saturated rings. The average Bonchev–Trinajstić information content (AvgIpc) is 3.30. The van der Waals surface area contributed by atoms with E-state index in [0.29, 0.717) is 17.8 Å². The van der Waals surface area contributed by atoms with Crippen molar-refractivity contribution in [3.63, 3.8) is 0 Å². The zero-order valence-electron chi connectivity index (χ0n) is 17.6. The van der Waals surface area contributed by atoms with Gasteiger partial charge in [-0.2, -0.15) is 0 Å². The van der Waals surface area contributed by atoms with E-state index in [1.807, 2.05) is 6.07 Å². The largest absolute Gasteiger partial charge is 0.336 e. The number of nitrogens with two attached hydrogens (primary N) is 1. The Morgan fingerprint density at radius 3 is 2.59 bits per heavy atom. The Hall–Kier alpha value is -3.58. The number of aromatic nitrogens is 1. The summed E-state index contributed by atoms with van der Waals surface area (Å²) in [5.74, 6) is -0.585. The zero-order valence-corrected chi connectivity index (χ0v) is 17.6. The first kappa shape index (κ1) is 21.6. The maximum absolute atomic E-state index is 13.6. The Bertz CT molecular complexity index is 1090. The highest BCUT2D eigenvalue weighted by Gasteiger charge is 2.31. The van der Waals surface area contributed by atoms with Crippen molar-refractivity contribution < 1.29 is 14.0 Å². The summed E-state index contributed by atoms with van der Waals surface area (Å²) in [6, 6.07) is 16.2. The number of likely N-dealkylation sites (tertiary alicyclic amines) is 1. The number of pyridine rings is 1.